The van der Waals surface area contributed by atoms with E-state index in [4.69, 9.17) is 11.1 Å². The third kappa shape index (κ3) is 1.66. The first kappa shape index (κ1) is 10.7. The summed E-state index contributed by atoms with van der Waals surface area (Å²) in [6.07, 6.45) is 3.91. The van der Waals surface area contributed by atoms with Crippen LogP contribution in [0.5, 0.6) is 0 Å². The molecule has 84 valence electrons. The Balaban J connectivity index is 2.71. The number of nitrogen functional groups attached to an aromatic ring is 1. The van der Waals surface area contributed by atoms with Crippen molar-refractivity contribution in [3.05, 3.63) is 35.8 Å². The standard InChI is InChI=1S/C12H16N4/c1-12(2,3)9-7-16-6-4-5-8(10(13)14)11(16)15-9/h4-7H,1-3H3,(H3,13,14). The van der Waals surface area contributed by atoms with E-state index >= 15 is 0 Å². The van der Waals surface area contributed by atoms with Crippen LogP contribution in [0.1, 0.15) is 32.0 Å². The molecule has 0 spiro atoms. The zero-order chi connectivity index (χ0) is 11.9. The van der Waals surface area contributed by atoms with Gasteiger partial charge in [-0.1, -0.05) is 20.8 Å². The first-order chi connectivity index (χ1) is 7.39. The van der Waals surface area contributed by atoms with Gasteiger partial charge < -0.3 is 10.1 Å². The molecule has 2 aromatic heterocycles. The first-order valence-corrected chi connectivity index (χ1v) is 5.22. The van der Waals surface area contributed by atoms with Crippen LogP contribution in [0, 0.1) is 5.41 Å². The van der Waals surface area contributed by atoms with Crippen LogP contribution in [0.3, 0.4) is 0 Å². The van der Waals surface area contributed by atoms with Crippen LogP contribution in [-0.2, 0) is 5.41 Å². The van der Waals surface area contributed by atoms with Crippen LogP contribution >= 0.6 is 0 Å². The van der Waals surface area contributed by atoms with Crippen molar-refractivity contribution in [2.24, 2.45) is 5.73 Å². The van der Waals surface area contributed by atoms with Crippen LogP contribution in [0.4, 0.5) is 0 Å². The smallest absolute Gasteiger partial charge is 0.148 e. The molecule has 0 atom stereocenters. The first-order valence-electron chi connectivity index (χ1n) is 5.22. The third-order valence-electron chi connectivity index (χ3n) is 2.54. The Kier molecular flexibility index (Phi) is 2.22. The second kappa shape index (κ2) is 3.33. The van der Waals surface area contributed by atoms with Gasteiger partial charge in [0.1, 0.15) is 11.5 Å². The van der Waals surface area contributed by atoms with Gasteiger partial charge >= 0.3 is 0 Å². The molecule has 0 unspecified atom stereocenters. The highest BCUT2D eigenvalue weighted by molar-refractivity contribution is 6.00. The number of nitrogens with two attached hydrogens (primary N) is 1. The van der Waals surface area contributed by atoms with Crippen molar-refractivity contribution in [1.82, 2.24) is 9.38 Å². The Morgan fingerprint density at radius 1 is 1.44 bits per heavy atom. The number of nitrogens with zero attached hydrogens (tertiary/aromatic N) is 2. The molecule has 0 bridgehead atoms. The summed E-state index contributed by atoms with van der Waals surface area (Å²) in [7, 11) is 0. The molecule has 0 radical (unpaired) electrons. The van der Waals surface area contributed by atoms with Crippen molar-refractivity contribution >= 4 is 11.5 Å². The molecule has 0 saturated carbocycles. The topological polar surface area (TPSA) is 67.2 Å². The van der Waals surface area contributed by atoms with Crippen molar-refractivity contribution in [2.75, 3.05) is 0 Å². The van der Waals surface area contributed by atoms with Gasteiger partial charge in [-0.05, 0) is 12.1 Å². The summed E-state index contributed by atoms with van der Waals surface area (Å²) < 4.78 is 1.91. The lowest BCUT2D eigenvalue weighted by Crippen LogP contribution is -2.13. The molecule has 0 aromatic carbocycles. The highest BCUT2D eigenvalue weighted by Gasteiger charge is 2.18. The summed E-state index contributed by atoms with van der Waals surface area (Å²) in [5, 5.41) is 7.51. The van der Waals surface area contributed by atoms with Crippen LogP contribution in [0.25, 0.3) is 5.65 Å². The number of nitrogens with one attached hydrogen (secondary N) is 1. The molecule has 2 rings (SSSR count). The number of fused-ring (bicyclic) bond motifs is 1. The molecule has 0 aliphatic carbocycles. The van der Waals surface area contributed by atoms with E-state index in [0.29, 0.717) is 5.56 Å². The lowest BCUT2D eigenvalue weighted by molar-refractivity contribution is 0.573. The van der Waals surface area contributed by atoms with Gasteiger partial charge in [0.25, 0.3) is 0 Å². The fourth-order valence-corrected chi connectivity index (χ4v) is 1.58. The minimum atomic E-state index is 0.0000784. The molecule has 3 N–H and O–H groups in total. The number of rotatable bonds is 1. The molecule has 0 amide bonds. The number of amidine groups is 1. The van der Waals surface area contributed by atoms with Crippen LogP contribution in [-0.4, -0.2) is 15.2 Å². The van der Waals surface area contributed by atoms with E-state index < -0.39 is 0 Å². The molecule has 4 heteroatoms. The second-order valence-corrected chi connectivity index (χ2v) is 4.94. The summed E-state index contributed by atoms with van der Waals surface area (Å²) in [5.41, 5.74) is 7.96. The summed E-state index contributed by atoms with van der Waals surface area (Å²) in [6.45, 7) is 6.34. The largest absolute Gasteiger partial charge is 0.384 e. The normalized spacial score (nSPS) is 11.9. The van der Waals surface area contributed by atoms with E-state index in [2.05, 4.69) is 25.8 Å². The lowest BCUT2D eigenvalue weighted by Gasteiger charge is -2.13. The van der Waals surface area contributed by atoms with E-state index in [1.165, 1.54) is 0 Å². The summed E-state index contributed by atoms with van der Waals surface area (Å²) in [5.74, 6) is 0.0525. The van der Waals surface area contributed by atoms with Crippen molar-refractivity contribution in [3.63, 3.8) is 0 Å². The number of hydrogen-bond donors (Lipinski definition) is 2. The highest BCUT2D eigenvalue weighted by atomic mass is 15.0. The van der Waals surface area contributed by atoms with Gasteiger partial charge in [0.2, 0.25) is 0 Å². The molecule has 16 heavy (non-hydrogen) atoms. The average molecular weight is 216 g/mol. The fraction of sp³-hybridized carbons (Fsp3) is 0.333. The second-order valence-electron chi connectivity index (χ2n) is 4.94. The Morgan fingerprint density at radius 3 is 2.69 bits per heavy atom. The molecule has 2 heterocycles. The van der Waals surface area contributed by atoms with Crippen LogP contribution in [0.15, 0.2) is 24.5 Å². The number of pyridine rings is 1. The average Bonchev–Trinajstić information content (AvgIpc) is 2.59. The van der Waals surface area contributed by atoms with Crippen molar-refractivity contribution in [2.45, 2.75) is 26.2 Å². The molecule has 0 fully saturated rings. The van der Waals surface area contributed by atoms with Crippen molar-refractivity contribution < 1.29 is 0 Å². The molecule has 0 saturated heterocycles. The minimum Gasteiger partial charge on any atom is -0.384 e. The van der Waals surface area contributed by atoms with E-state index in [1.807, 2.05) is 28.9 Å². The number of imidazole rings is 1. The summed E-state index contributed by atoms with van der Waals surface area (Å²) >= 11 is 0. The van der Waals surface area contributed by atoms with Gasteiger partial charge in [-0.15, -0.1) is 0 Å². The monoisotopic (exact) mass is 216 g/mol. The fourth-order valence-electron chi connectivity index (χ4n) is 1.58. The van der Waals surface area contributed by atoms with Gasteiger partial charge in [-0.25, -0.2) is 4.98 Å². The predicted octanol–water partition coefficient (Wildman–Crippen LogP) is 1.92. The van der Waals surface area contributed by atoms with Crippen LogP contribution < -0.4 is 5.73 Å². The zero-order valence-electron chi connectivity index (χ0n) is 9.78. The maximum absolute atomic E-state index is 7.51. The van der Waals surface area contributed by atoms with E-state index in [0.717, 1.165) is 11.3 Å². The highest BCUT2D eigenvalue weighted by Crippen LogP contribution is 2.22. The zero-order valence-corrected chi connectivity index (χ0v) is 9.78. The van der Waals surface area contributed by atoms with Crippen LogP contribution in [0.2, 0.25) is 0 Å². The van der Waals surface area contributed by atoms with Gasteiger partial charge in [-0.2, -0.15) is 0 Å². The van der Waals surface area contributed by atoms with Gasteiger partial charge in [0.15, 0.2) is 0 Å². The van der Waals surface area contributed by atoms with Crippen molar-refractivity contribution in [3.8, 4) is 0 Å². The SMILES string of the molecule is CC(C)(C)c1cn2cccc(C(=N)N)c2n1. The van der Waals surface area contributed by atoms with E-state index in [-0.39, 0.29) is 11.3 Å². The number of hydrogen-bond acceptors (Lipinski definition) is 2. The maximum atomic E-state index is 7.51. The lowest BCUT2D eigenvalue weighted by atomic mass is 9.93. The molecule has 0 aliphatic heterocycles. The summed E-state index contributed by atoms with van der Waals surface area (Å²) in [4.78, 5) is 4.55. The maximum Gasteiger partial charge on any atom is 0.148 e. The quantitative estimate of drug-likeness (QED) is 0.565. The van der Waals surface area contributed by atoms with E-state index in [1.54, 1.807) is 0 Å². The van der Waals surface area contributed by atoms with Crippen molar-refractivity contribution in [1.29, 1.82) is 5.41 Å². The number of aromatic nitrogens is 2. The molecular weight excluding hydrogens is 200 g/mol. The van der Waals surface area contributed by atoms with E-state index in [9.17, 15) is 0 Å². The third-order valence-corrected chi connectivity index (χ3v) is 2.54. The molecule has 2 aromatic rings. The Bertz CT molecular complexity index is 546. The predicted molar refractivity (Wildman–Crippen MR) is 64.9 cm³/mol. The minimum absolute atomic E-state index is 0.0000784. The molecular formula is C12H16N4. The van der Waals surface area contributed by atoms with Gasteiger partial charge in [0, 0.05) is 17.8 Å². The molecule has 4 nitrogen and oxygen atoms in total. The van der Waals surface area contributed by atoms with Gasteiger partial charge in [-0.3, -0.25) is 5.41 Å². The summed E-state index contributed by atoms with van der Waals surface area (Å²) in [6, 6.07) is 3.69. The molecule has 0 aliphatic rings. The Hall–Kier alpha value is -1.84. The van der Waals surface area contributed by atoms with Gasteiger partial charge in [0.05, 0.1) is 11.3 Å². The Labute approximate surface area is 94.6 Å². The Morgan fingerprint density at radius 2 is 2.12 bits per heavy atom.